The van der Waals surface area contributed by atoms with E-state index >= 15 is 0 Å². The zero-order chi connectivity index (χ0) is 13.0. The first kappa shape index (κ1) is 16.0. The topological polar surface area (TPSA) is 47.6 Å². The molecule has 0 N–H and O–H groups in total. The molecular weight excluding hydrogens is 208 g/mol. The fourth-order valence-corrected chi connectivity index (χ4v) is 2.08. The Morgan fingerprint density at radius 3 is 1.59 bits per heavy atom. The summed E-state index contributed by atoms with van der Waals surface area (Å²) in [4.78, 5) is 0. The molecule has 2 heteroatoms. The van der Waals surface area contributed by atoms with E-state index in [1.165, 1.54) is 19.3 Å². The molecule has 0 rings (SSSR count). The quantitative estimate of drug-likeness (QED) is 0.501. The molecule has 17 heavy (non-hydrogen) atoms. The monoisotopic (exact) mass is 234 g/mol. The van der Waals surface area contributed by atoms with Crippen LogP contribution in [0.1, 0.15) is 78.1 Å². The standard InChI is InChI=1S/C15H26N2/c1-3-5-7-8-10-12-15(13-16,14-17)11-9-6-4-2/h3-12H2,1-2H3. The van der Waals surface area contributed by atoms with Crippen molar-refractivity contribution >= 4 is 0 Å². The summed E-state index contributed by atoms with van der Waals surface area (Å²) in [5.74, 6) is 0. The molecule has 0 aromatic heterocycles. The third-order valence-corrected chi connectivity index (χ3v) is 3.34. The molecule has 0 aliphatic carbocycles. The largest absolute Gasteiger partial charge is 0.197 e. The molecule has 0 saturated heterocycles. The van der Waals surface area contributed by atoms with Gasteiger partial charge in [-0.2, -0.15) is 10.5 Å². The number of nitriles is 2. The number of hydrogen-bond acceptors (Lipinski definition) is 2. The van der Waals surface area contributed by atoms with Crippen LogP contribution in [0.25, 0.3) is 0 Å². The number of nitrogens with zero attached hydrogens (tertiary/aromatic N) is 2. The van der Waals surface area contributed by atoms with Crippen molar-refractivity contribution in [2.75, 3.05) is 0 Å². The van der Waals surface area contributed by atoms with Crippen molar-refractivity contribution in [1.82, 2.24) is 0 Å². The normalized spacial score (nSPS) is 10.8. The summed E-state index contributed by atoms with van der Waals surface area (Å²) in [5.41, 5.74) is -0.707. The van der Waals surface area contributed by atoms with Gasteiger partial charge in [-0.1, -0.05) is 65.2 Å². The minimum absolute atomic E-state index is 0.707. The number of rotatable bonds is 10. The lowest BCUT2D eigenvalue weighted by Crippen LogP contribution is -2.16. The highest BCUT2D eigenvalue weighted by molar-refractivity contribution is 5.13. The second-order valence-electron chi connectivity index (χ2n) is 4.93. The van der Waals surface area contributed by atoms with Crippen molar-refractivity contribution in [3.05, 3.63) is 0 Å². The van der Waals surface area contributed by atoms with E-state index in [9.17, 15) is 10.5 Å². The fraction of sp³-hybridized carbons (Fsp3) is 0.867. The lowest BCUT2D eigenvalue weighted by Gasteiger charge is -2.18. The third-order valence-electron chi connectivity index (χ3n) is 3.34. The van der Waals surface area contributed by atoms with Gasteiger partial charge >= 0.3 is 0 Å². The molecule has 0 aliphatic rings. The van der Waals surface area contributed by atoms with Crippen LogP contribution in [-0.2, 0) is 0 Å². The Bertz CT molecular complexity index is 243. The van der Waals surface area contributed by atoms with Crippen molar-refractivity contribution in [3.8, 4) is 12.1 Å². The number of unbranched alkanes of at least 4 members (excludes halogenated alkanes) is 6. The highest BCUT2D eigenvalue weighted by Crippen LogP contribution is 2.30. The van der Waals surface area contributed by atoms with Gasteiger partial charge in [-0.25, -0.2) is 0 Å². The summed E-state index contributed by atoms with van der Waals surface area (Å²) >= 11 is 0. The van der Waals surface area contributed by atoms with Gasteiger partial charge in [0.2, 0.25) is 0 Å². The van der Waals surface area contributed by atoms with E-state index in [0.717, 1.165) is 44.9 Å². The van der Waals surface area contributed by atoms with Gasteiger partial charge in [0.05, 0.1) is 12.1 Å². The molecular formula is C15H26N2. The molecule has 0 radical (unpaired) electrons. The molecule has 0 unspecified atom stereocenters. The molecule has 0 saturated carbocycles. The Labute approximate surface area is 107 Å². The van der Waals surface area contributed by atoms with Crippen molar-refractivity contribution in [3.63, 3.8) is 0 Å². The van der Waals surface area contributed by atoms with Gasteiger partial charge in [0.25, 0.3) is 0 Å². The smallest absolute Gasteiger partial charge is 0.143 e. The minimum atomic E-state index is -0.707. The SMILES string of the molecule is CCCCCCCC(C#N)(C#N)CCCCC. The van der Waals surface area contributed by atoms with Crippen molar-refractivity contribution in [1.29, 1.82) is 10.5 Å². The lowest BCUT2D eigenvalue weighted by molar-refractivity contribution is 0.395. The predicted octanol–water partition coefficient (Wildman–Crippen LogP) is 4.96. The van der Waals surface area contributed by atoms with Crippen LogP contribution < -0.4 is 0 Å². The summed E-state index contributed by atoms with van der Waals surface area (Å²) in [5, 5.41) is 18.4. The van der Waals surface area contributed by atoms with Gasteiger partial charge in [-0.15, -0.1) is 0 Å². The zero-order valence-electron chi connectivity index (χ0n) is 11.5. The van der Waals surface area contributed by atoms with Crippen LogP contribution >= 0.6 is 0 Å². The molecule has 0 bridgehead atoms. The van der Waals surface area contributed by atoms with Gasteiger partial charge in [-0.05, 0) is 12.8 Å². The molecule has 0 aromatic carbocycles. The molecule has 0 atom stereocenters. The van der Waals surface area contributed by atoms with Gasteiger partial charge in [0, 0.05) is 0 Å². The first-order valence-corrected chi connectivity index (χ1v) is 7.07. The van der Waals surface area contributed by atoms with Crippen LogP contribution in [0.15, 0.2) is 0 Å². The maximum Gasteiger partial charge on any atom is 0.143 e. The van der Waals surface area contributed by atoms with Crippen LogP contribution in [0.2, 0.25) is 0 Å². The fourth-order valence-electron chi connectivity index (χ4n) is 2.08. The maximum absolute atomic E-state index is 9.21. The van der Waals surface area contributed by atoms with E-state index in [1.54, 1.807) is 0 Å². The molecule has 0 heterocycles. The van der Waals surface area contributed by atoms with E-state index in [-0.39, 0.29) is 0 Å². The van der Waals surface area contributed by atoms with E-state index in [0.29, 0.717) is 0 Å². The highest BCUT2D eigenvalue weighted by atomic mass is 14.4. The second-order valence-corrected chi connectivity index (χ2v) is 4.93. The molecule has 0 aromatic rings. The molecule has 0 fully saturated rings. The summed E-state index contributed by atoms with van der Waals surface area (Å²) in [7, 11) is 0. The Hall–Kier alpha value is -1.02. The van der Waals surface area contributed by atoms with Gasteiger partial charge in [-0.3, -0.25) is 0 Å². The maximum atomic E-state index is 9.21. The van der Waals surface area contributed by atoms with Crippen molar-refractivity contribution in [2.45, 2.75) is 78.1 Å². The average Bonchev–Trinajstić information content (AvgIpc) is 2.37. The first-order chi connectivity index (χ1) is 8.24. The Kier molecular flexibility index (Phi) is 9.55. The average molecular weight is 234 g/mol. The van der Waals surface area contributed by atoms with Crippen LogP contribution in [0.5, 0.6) is 0 Å². The first-order valence-electron chi connectivity index (χ1n) is 7.07. The second kappa shape index (κ2) is 10.2. The Morgan fingerprint density at radius 1 is 0.706 bits per heavy atom. The third kappa shape index (κ3) is 7.01. The van der Waals surface area contributed by atoms with Crippen LogP contribution in [0.4, 0.5) is 0 Å². The molecule has 0 aliphatic heterocycles. The Morgan fingerprint density at radius 2 is 1.12 bits per heavy atom. The minimum Gasteiger partial charge on any atom is -0.197 e. The summed E-state index contributed by atoms with van der Waals surface area (Å²) in [6, 6.07) is 4.51. The summed E-state index contributed by atoms with van der Waals surface area (Å²) in [6.45, 7) is 4.34. The van der Waals surface area contributed by atoms with Crippen LogP contribution in [0, 0.1) is 28.1 Å². The molecule has 0 amide bonds. The molecule has 0 spiro atoms. The summed E-state index contributed by atoms with van der Waals surface area (Å²) < 4.78 is 0. The van der Waals surface area contributed by atoms with E-state index in [2.05, 4.69) is 26.0 Å². The lowest BCUT2D eigenvalue weighted by atomic mass is 9.80. The van der Waals surface area contributed by atoms with E-state index in [1.807, 2.05) is 0 Å². The van der Waals surface area contributed by atoms with Gasteiger partial charge in [0.15, 0.2) is 0 Å². The molecule has 2 nitrogen and oxygen atoms in total. The van der Waals surface area contributed by atoms with Crippen LogP contribution in [-0.4, -0.2) is 0 Å². The van der Waals surface area contributed by atoms with Gasteiger partial charge < -0.3 is 0 Å². The van der Waals surface area contributed by atoms with Crippen molar-refractivity contribution in [2.24, 2.45) is 5.41 Å². The van der Waals surface area contributed by atoms with Gasteiger partial charge in [0.1, 0.15) is 5.41 Å². The van der Waals surface area contributed by atoms with Crippen molar-refractivity contribution < 1.29 is 0 Å². The predicted molar refractivity (Wildman–Crippen MR) is 71.2 cm³/mol. The van der Waals surface area contributed by atoms with E-state index in [4.69, 9.17) is 0 Å². The molecule has 96 valence electrons. The van der Waals surface area contributed by atoms with Crippen LogP contribution in [0.3, 0.4) is 0 Å². The number of hydrogen-bond donors (Lipinski definition) is 0. The zero-order valence-corrected chi connectivity index (χ0v) is 11.5. The highest BCUT2D eigenvalue weighted by Gasteiger charge is 2.28. The summed E-state index contributed by atoms with van der Waals surface area (Å²) in [6.07, 6.45) is 10.7. The Balaban J connectivity index is 3.96. The van der Waals surface area contributed by atoms with E-state index < -0.39 is 5.41 Å².